The van der Waals surface area contributed by atoms with Crippen molar-refractivity contribution in [1.82, 2.24) is 33.4 Å². The molecule has 1 aliphatic heterocycles. The quantitative estimate of drug-likeness (QED) is 0.363. The summed E-state index contributed by atoms with van der Waals surface area (Å²) in [5, 5.41) is 13.3. The maximum absolute atomic E-state index is 13.9. The Bertz CT molecular complexity index is 1720. The van der Waals surface area contributed by atoms with E-state index in [4.69, 9.17) is 5.11 Å². The summed E-state index contributed by atoms with van der Waals surface area (Å²) < 4.78 is 33.3. The molecule has 2 amide bonds. The number of carbonyl (C=O) groups excluding carboxylic acids is 1. The van der Waals surface area contributed by atoms with Crippen LogP contribution in [0.3, 0.4) is 0 Å². The first-order valence-corrected chi connectivity index (χ1v) is 15.6. The number of nitrogens with one attached hydrogen (secondary N) is 1. The average molecular weight is 608 g/mol. The molecule has 16 heteroatoms. The third-order valence-electron chi connectivity index (χ3n) is 7.74. The number of carbonyl (C=O) groups is 2. The number of rotatable bonds is 9. The van der Waals surface area contributed by atoms with Gasteiger partial charge in [-0.05, 0) is 38.7 Å². The Kier molecular flexibility index (Phi) is 7.59. The number of aryl methyl sites for hydroxylation is 1. The lowest BCUT2D eigenvalue weighted by Crippen LogP contribution is -2.45. The summed E-state index contributed by atoms with van der Waals surface area (Å²) in [6.45, 7) is 2.55. The van der Waals surface area contributed by atoms with Gasteiger partial charge in [0.2, 0.25) is 5.91 Å². The van der Waals surface area contributed by atoms with Crippen molar-refractivity contribution in [2.24, 2.45) is 7.05 Å². The Labute approximate surface area is 239 Å². The molecule has 0 radical (unpaired) electrons. The predicted molar refractivity (Wildman–Crippen MR) is 151 cm³/mol. The SMILES string of the molecule is CN(CCC(=O)N1CCC(n2c(=O)n(Cc3cnn(C)c3)c(=O)c3cc(S(=O)(=O)NC4(C)CC4)sc32)CC1)C(=O)O. The number of thiophene rings is 1. The highest BCUT2D eigenvalue weighted by molar-refractivity contribution is 7.91. The van der Waals surface area contributed by atoms with Gasteiger partial charge in [-0.1, -0.05) is 0 Å². The summed E-state index contributed by atoms with van der Waals surface area (Å²) in [6, 6.07) is 0.976. The highest BCUT2D eigenvalue weighted by Gasteiger charge is 2.42. The highest BCUT2D eigenvalue weighted by Crippen LogP contribution is 2.38. The van der Waals surface area contributed by atoms with Crippen molar-refractivity contribution in [1.29, 1.82) is 0 Å². The molecule has 0 bridgehead atoms. The van der Waals surface area contributed by atoms with Gasteiger partial charge in [0, 0.05) is 63.5 Å². The van der Waals surface area contributed by atoms with Gasteiger partial charge in [-0.15, -0.1) is 11.3 Å². The largest absolute Gasteiger partial charge is 0.465 e. The van der Waals surface area contributed by atoms with Gasteiger partial charge in [0.05, 0.1) is 18.1 Å². The Morgan fingerprint density at radius 2 is 1.93 bits per heavy atom. The number of nitrogens with zero attached hydrogens (tertiary/aromatic N) is 6. The van der Waals surface area contributed by atoms with Crippen LogP contribution in [0.5, 0.6) is 0 Å². The number of hydrogen-bond acceptors (Lipinski definition) is 8. The maximum Gasteiger partial charge on any atom is 0.407 e. The number of likely N-dealkylation sites (tertiary alicyclic amines) is 1. The summed E-state index contributed by atoms with van der Waals surface area (Å²) in [6.07, 6.45) is 4.49. The van der Waals surface area contributed by atoms with Gasteiger partial charge in [0.15, 0.2) is 0 Å². The summed E-state index contributed by atoms with van der Waals surface area (Å²) in [5.74, 6) is -0.181. The van der Waals surface area contributed by atoms with Crippen LogP contribution in [0.4, 0.5) is 4.79 Å². The standard InChI is InChI=1S/C25H33N7O7S2/c1-25(7-8-25)27-41(38,39)20-12-18-21(34)31(15-16-13-26-29(3)14-16)23(35)32(22(18)40-20)17-4-10-30(11-5-17)19(33)6-9-28(2)24(36)37/h12-14,17,27H,4-11,15H2,1-3H3,(H,36,37). The lowest BCUT2D eigenvalue weighted by atomic mass is 10.0. The van der Waals surface area contributed by atoms with Crippen molar-refractivity contribution in [3.8, 4) is 0 Å². The van der Waals surface area contributed by atoms with Gasteiger partial charge in [0.25, 0.3) is 15.6 Å². The summed E-state index contributed by atoms with van der Waals surface area (Å²) in [4.78, 5) is 54.1. The van der Waals surface area contributed by atoms with Crippen molar-refractivity contribution in [2.45, 2.75) is 61.4 Å². The van der Waals surface area contributed by atoms with Crippen LogP contribution in [0.1, 0.15) is 50.6 Å². The van der Waals surface area contributed by atoms with E-state index < -0.39 is 32.9 Å². The average Bonchev–Trinajstić information content (AvgIpc) is 3.26. The third-order valence-corrected chi connectivity index (χ3v) is 11.0. The molecule has 1 saturated carbocycles. The fourth-order valence-electron chi connectivity index (χ4n) is 5.03. The van der Waals surface area contributed by atoms with Crippen LogP contribution < -0.4 is 16.0 Å². The molecule has 1 aliphatic carbocycles. The zero-order chi connectivity index (χ0) is 29.7. The molecule has 41 heavy (non-hydrogen) atoms. The number of carboxylic acid groups (broad SMARTS) is 1. The first-order chi connectivity index (χ1) is 19.3. The van der Waals surface area contributed by atoms with E-state index in [1.165, 1.54) is 17.7 Å². The molecule has 0 unspecified atom stereocenters. The Balaban J connectivity index is 1.49. The van der Waals surface area contributed by atoms with Gasteiger partial charge in [-0.2, -0.15) is 5.10 Å². The lowest BCUT2D eigenvalue weighted by molar-refractivity contribution is -0.132. The number of amides is 2. The molecular formula is C25H33N7O7S2. The molecule has 2 fully saturated rings. The van der Waals surface area contributed by atoms with Crippen LogP contribution in [0.2, 0.25) is 0 Å². The van der Waals surface area contributed by atoms with E-state index in [1.54, 1.807) is 29.0 Å². The summed E-state index contributed by atoms with van der Waals surface area (Å²) >= 11 is 0.903. The van der Waals surface area contributed by atoms with E-state index >= 15 is 0 Å². The first-order valence-electron chi connectivity index (χ1n) is 13.3. The molecule has 0 spiro atoms. The first kappa shape index (κ1) is 29.0. The van der Waals surface area contributed by atoms with Crippen molar-refractivity contribution in [3.63, 3.8) is 0 Å². The summed E-state index contributed by atoms with van der Waals surface area (Å²) in [7, 11) is -0.783. The second-order valence-corrected chi connectivity index (χ2v) is 14.0. The minimum absolute atomic E-state index is 0.0237. The van der Waals surface area contributed by atoms with E-state index in [1.807, 2.05) is 6.92 Å². The Hall–Kier alpha value is -3.50. The second-order valence-electron chi connectivity index (χ2n) is 11.1. The van der Waals surface area contributed by atoms with Crippen LogP contribution in [-0.2, 0) is 28.4 Å². The molecule has 2 N–H and O–H groups in total. The van der Waals surface area contributed by atoms with E-state index in [-0.39, 0.29) is 45.9 Å². The minimum atomic E-state index is -3.91. The van der Waals surface area contributed by atoms with Gasteiger partial charge < -0.3 is 14.9 Å². The minimum Gasteiger partial charge on any atom is -0.465 e. The third kappa shape index (κ3) is 5.94. The molecule has 14 nitrogen and oxygen atoms in total. The van der Waals surface area contributed by atoms with Crippen LogP contribution in [0, 0.1) is 0 Å². The molecule has 2 aliphatic rings. The Morgan fingerprint density at radius 1 is 1.24 bits per heavy atom. The fourth-order valence-corrected chi connectivity index (χ4v) is 8.00. The number of hydrogen-bond donors (Lipinski definition) is 2. The zero-order valence-electron chi connectivity index (χ0n) is 23.1. The zero-order valence-corrected chi connectivity index (χ0v) is 24.7. The van der Waals surface area contributed by atoms with Gasteiger partial charge in [-0.25, -0.2) is 22.7 Å². The monoisotopic (exact) mass is 607 g/mol. The van der Waals surface area contributed by atoms with Crippen LogP contribution in [0.25, 0.3) is 10.2 Å². The van der Waals surface area contributed by atoms with Crippen LogP contribution in [-0.4, -0.2) is 86.5 Å². The van der Waals surface area contributed by atoms with E-state index in [0.29, 0.717) is 31.5 Å². The number of sulfonamides is 1. The maximum atomic E-state index is 13.9. The second kappa shape index (κ2) is 10.7. The predicted octanol–water partition coefficient (Wildman–Crippen LogP) is 1.00. The molecule has 4 heterocycles. The van der Waals surface area contributed by atoms with Crippen molar-refractivity contribution in [3.05, 3.63) is 44.9 Å². The molecule has 3 aromatic rings. The molecule has 3 aromatic heterocycles. The van der Waals surface area contributed by atoms with E-state index in [2.05, 4.69) is 9.82 Å². The van der Waals surface area contributed by atoms with Gasteiger partial charge in [-0.3, -0.25) is 23.4 Å². The molecule has 1 saturated heterocycles. The lowest BCUT2D eigenvalue weighted by Gasteiger charge is -2.33. The Morgan fingerprint density at radius 3 is 2.51 bits per heavy atom. The molecular weight excluding hydrogens is 574 g/mol. The topological polar surface area (TPSA) is 169 Å². The van der Waals surface area contributed by atoms with Crippen molar-refractivity contribution < 1.29 is 23.1 Å². The fraction of sp³-hybridized carbons (Fsp3) is 0.560. The van der Waals surface area contributed by atoms with Gasteiger partial charge in [0.1, 0.15) is 9.04 Å². The number of aromatic nitrogens is 4. The number of fused-ring (bicyclic) bond motifs is 1. The van der Waals surface area contributed by atoms with Crippen molar-refractivity contribution in [2.75, 3.05) is 26.7 Å². The van der Waals surface area contributed by atoms with Crippen molar-refractivity contribution >= 4 is 43.6 Å². The normalized spacial score (nSPS) is 17.2. The van der Waals surface area contributed by atoms with E-state index in [0.717, 1.165) is 33.6 Å². The highest BCUT2D eigenvalue weighted by atomic mass is 32.2. The molecule has 5 rings (SSSR count). The molecule has 0 aromatic carbocycles. The van der Waals surface area contributed by atoms with Crippen LogP contribution >= 0.6 is 11.3 Å². The van der Waals surface area contributed by atoms with E-state index in [9.17, 15) is 27.6 Å². The molecule has 0 atom stereocenters. The molecule has 222 valence electrons. The summed E-state index contributed by atoms with van der Waals surface area (Å²) in [5.41, 5.74) is -0.980. The van der Waals surface area contributed by atoms with Gasteiger partial charge >= 0.3 is 11.8 Å². The number of piperidine rings is 1. The van der Waals surface area contributed by atoms with Crippen LogP contribution in [0.15, 0.2) is 32.3 Å². The smallest absolute Gasteiger partial charge is 0.407 e.